The lowest BCUT2D eigenvalue weighted by Crippen LogP contribution is -2.19. The number of hydrogen-bond donors (Lipinski definition) is 1. The third-order valence-corrected chi connectivity index (χ3v) is 4.40. The summed E-state index contributed by atoms with van der Waals surface area (Å²) in [6.07, 6.45) is 3.03. The molecule has 0 aliphatic carbocycles. The summed E-state index contributed by atoms with van der Waals surface area (Å²) in [5.74, 6) is 6.27. The zero-order valence-electron chi connectivity index (χ0n) is 13.0. The first-order chi connectivity index (χ1) is 11.8. The fourth-order valence-corrected chi connectivity index (χ4v) is 3.22. The highest BCUT2D eigenvalue weighted by Crippen LogP contribution is 2.43. The van der Waals surface area contributed by atoms with Gasteiger partial charge in [-0.1, -0.05) is 18.2 Å². The number of nitrogens with two attached hydrogens (primary N) is 1. The number of aldehydes is 1. The molecule has 3 rings (SSSR count). The maximum Gasteiger partial charge on any atom is 0.166 e. The molecule has 1 fully saturated rings. The molecule has 7 heteroatoms. The largest absolute Gasteiger partial charge is 0.454 e. The molecule has 6 nitrogen and oxygen atoms in total. The van der Waals surface area contributed by atoms with Crippen LogP contribution < -0.4 is 15.5 Å². The highest BCUT2D eigenvalue weighted by molar-refractivity contribution is 7.94. The second-order valence-corrected chi connectivity index (χ2v) is 6.08. The van der Waals surface area contributed by atoms with Gasteiger partial charge in [-0.15, -0.1) is 9.32 Å². The summed E-state index contributed by atoms with van der Waals surface area (Å²) in [6.45, 7) is 1.84. The monoisotopic (exact) mass is 346 g/mol. The van der Waals surface area contributed by atoms with E-state index in [2.05, 4.69) is 9.89 Å². The minimum Gasteiger partial charge on any atom is -0.454 e. The predicted molar refractivity (Wildman–Crippen MR) is 92.0 cm³/mol. The molecule has 0 spiro atoms. The number of carbonyl (C=O) groups is 1. The van der Waals surface area contributed by atoms with Crippen molar-refractivity contribution in [3.63, 3.8) is 0 Å². The minimum absolute atomic E-state index is 0.542. The van der Waals surface area contributed by atoms with Crippen LogP contribution in [-0.4, -0.2) is 19.4 Å². The van der Waals surface area contributed by atoms with E-state index in [0.717, 1.165) is 49.9 Å². The van der Waals surface area contributed by atoms with E-state index < -0.39 is 0 Å². The van der Waals surface area contributed by atoms with Gasteiger partial charge in [-0.25, -0.2) is 0 Å². The van der Waals surface area contributed by atoms with Crippen molar-refractivity contribution in [1.82, 2.24) is 0 Å². The molecule has 0 atom stereocenters. The standard InChI is InChI=1S/C17H18N2O4S/c18-22-23-24-16-11-13(12-20)10-15(19-8-4-5-9-19)17(16)21-14-6-2-1-3-7-14/h1-3,6-7,10-12H,4-5,8-9,18H2. The fraction of sp³-hybridized carbons (Fsp3) is 0.235. The van der Waals surface area contributed by atoms with E-state index in [4.69, 9.17) is 15.0 Å². The topological polar surface area (TPSA) is 74.0 Å². The zero-order chi connectivity index (χ0) is 16.8. The van der Waals surface area contributed by atoms with E-state index >= 15 is 0 Å². The SMILES string of the molecule is NOOSc1cc(C=O)cc(N2CCCC2)c1Oc1ccccc1. The van der Waals surface area contributed by atoms with Gasteiger partial charge in [0.25, 0.3) is 0 Å². The number of anilines is 1. The van der Waals surface area contributed by atoms with E-state index in [-0.39, 0.29) is 0 Å². The van der Waals surface area contributed by atoms with Gasteiger partial charge < -0.3 is 9.64 Å². The molecule has 0 radical (unpaired) electrons. The molecular weight excluding hydrogens is 328 g/mol. The smallest absolute Gasteiger partial charge is 0.166 e. The summed E-state index contributed by atoms with van der Waals surface area (Å²) in [5, 5.41) is 0. The molecule has 2 aromatic carbocycles. The quantitative estimate of drug-likeness (QED) is 0.354. The van der Waals surface area contributed by atoms with E-state index in [9.17, 15) is 4.79 Å². The van der Waals surface area contributed by atoms with Crippen LogP contribution in [0.4, 0.5) is 5.69 Å². The van der Waals surface area contributed by atoms with Crippen molar-refractivity contribution in [3.05, 3.63) is 48.0 Å². The van der Waals surface area contributed by atoms with Crippen LogP contribution in [0.15, 0.2) is 47.4 Å². The van der Waals surface area contributed by atoms with Gasteiger partial charge in [0.05, 0.1) is 22.6 Å². The lowest BCUT2D eigenvalue weighted by molar-refractivity contribution is -0.195. The van der Waals surface area contributed by atoms with Gasteiger partial charge in [0.2, 0.25) is 0 Å². The van der Waals surface area contributed by atoms with Gasteiger partial charge in [0.15, 0.2) is 5.75 Å². The minimum atomic E-state index is 0.542. The maximum absolute atomic E-state index is 11.3. The first-order valence-electron chi connectivity index (χ1n) is 7.63. The Morgan fingerprint density at radius 2 is 1.88 bits per heavy atom. The first kappa shape index (κ1) is 16.8. The molecule has 1 aliphatic rings. The third kappa shape index (κ3) is 3.88. The average molecular weight is 346 g/mol. The maximum atomic E-state index is 11.3. The van der Waals surface area contributed by atoms with Gasteiger partial charge >= 0.3 is 0 Å². The number of benzene rings is 2. The van der Waals surface area contributed by atoms with E-state index in [1.54, 1.807) is 6.07 Å². The van der Waals surface area contributed by atoms with Crippen molar-refractivity contribution in [2.45, 2.75) is 17.7 Å². The molecule has 1 saturated heterocycles. The Morgan fingerprint density at radius 3 is 2.54 bits per heavy atom. The molecule has 0 amide bonds. The van der Waals surface area contributed by atoms with Crippen LogP contribution in [-0.2, 0) is 9.32 Å². The lowest BCUT2D eigenvalue weighted by atomic mass is 10.2. The third-order valence-electron chi connectivity index (χ3n) is 3.77. The van der Waals surface area contributed by atoms with Crippen molar-refractivity contribution < 1.29 is 18.9 Å². The molecular formula is C17H18N2O4S. The second-order valence-electron chi connectivity index (χ2n) is 5.34. The Bertz CT molecular complexity index is 690. The molecule has 2 aromatic rings. The van der Waals surface area contributed by atoms with Gasteiger partial charge in [-0.3, -0.25) is 4.79 Å². The predicted octanol–water partition coefficient (Wildman–Crippen LogP) is 3.72. The number of hydrogen-bond acceptors (Lipinski definition) is 7. The number of para-hydroxylation sites is 1. The van der Waals surface area contributed by atoms with Crippen LogP contribution in [0, 0.1) is 0 Å². The van der Waals surface area contributed by atoms with E-state index in [1.807, 2.05) is 36.4 Å². The lowest BCUT2D eigenvalue weighted by Gasteiger charge is -2.23. The number of carbonyl (C=O) groups excluding carboxylic acids is 1. The summed E-state index contributed by atoms with van der Waals surface area (Å²) in [6, 6.07) is 13.0. The fourth-order valence-electron chi connectivity index (χ4n) is 2.70. The van der Waals surface area contributed by atoms with Crippen LogP contribution >= 0.6 is 12.0 Å². The van der Waals surface area contributed by atoms with Crippen molar-refractivity contribution in [1.29, 1.82) is 0 Å². The molecule has 126 valence electrons. The van der Waals surface area contributed by atoms with Gasteiger partial charge in [0.1, 0.15) is 12.0 Å². The van der Waals surface area contributed by atoms with E-state index in [1.165, 1.54) is 0 Å². The first-order valence-corrected chi connectivity index (χ1v) is 8.37. The van der Waals surface area contributed by atoms with Gasteiger partial charge in [0, 0.05) is 18.7 Å². The molecule has 2 N–H and O–H groups in total. The summed E-state index contributed by atoms with van der Waals surface area (Å²) in [7, 11) is 0. The van der Waals surface area contributed by atoms with Crippen molar-refractivity contribution in [2.24, 2.45) is 5.90 Å². The van der Waals surface area contributed by atoms with Crippen LogP contribution in [0.1, 0.15) is 23.2 Å². The van der Waals surface area contributed by atoms with Crippen molar-refractivity contribution >= 4 is 24.0 Å². The highest BCUT2D eigenvalue weighted by atomic mass is 32.2. The molecule has 0 unspecified atom stereocenters. The van der Waals surface area contributed by atoms with Crippen molar-refractivity contribution in [2.75, 3.05) is 18.0 Å². The molecule has 24 heavy (non-hydrogen) atoms. The Kier molecular flexibility index (Phi) is 5.71. The van der Waals surface area contributed by atoms with Gasteiger partial charge in [-0.2, -0.15) is 5.90 Å². The Hall–Kier alpha value is -2.06. The molecule has 0 bridgehead atoms. The van der Waals surface area contributed by atoms with Crippen LogP contribution in [0.3, 0.4) is 0 Å². The summed E-state index contributed by atoms with van der Waals surface area (Å²) >= 11 is 0.911. The highest BCUT2D eigenvalue weighted by Gasteiger charge is 2.22. The molecule has 1 heterocycles. The zero-order valence-corrected chi connectivity index (χ0v) is 13.8. The molecule has 0 aromatic heterocycles. The van der Waals surface area contributed by atoms with Crippen LogP contribution in [0.2, 0.25) is 0 Å². The van der Waals surface area contributed by atoms with E-state index in [0.29, 0.717) is 22.0 Å². The number of nitrogens with zero attached hydrogens (tertiary/aromatic N) is 1. The van der Waals surface area contributed by atoms with Gasteiger partial charge in [-0.05, 0) is 37.1 Å². The average Bonchev–Trinajstić information content (AvgIpc) is 3.16. The summed E-state index contributed by atoms with van der Waals surface area (Å²) < 4.78 is 10.9. The van der Waals surface area contributed by atoms with Crippen LogP contribution in [0.5, 0.6) is 11.5 Å². The Balaban J connectivity index is 2.04. The molecule has 0 saturated carbocycles. The Morgan fingerprint density at radius 1 is 1.12 bits per heavy atom. The number of ether oxygens (including phenoxy) is 1. The Labute approximate surface area is 144 Å². The molecule has 1 aliphatic heterocycles. The second kappa shape index (κ2) is 8.16. The summed E-state index contributed by atoms with van der Waals surface area (Å²) in [4.78, 5) is 18.3. The normalized spacial score (nSPS) is 14.0. The van der Waals surface area contributed by atoms with Crippen molar-refractivity contribution in [3.8, 4) is 11.5 Å². The number of rotatable bonds is 7. The summed E-state index contributed by atoms with van der Waals surface area (Å²) in [5.41, 5.74) is 1.41. The van der Waals surface area contributed by atoms with Crippen LogP contribution in [0.25, 0.3) is 0 Å².